The first kappa shape index (κ1) is 17.9. The number of nitrogens with zero attached hydrogens (tertiary/aromatic N) is 3. The molecule has 2 N–H and O–H groups in total. The number of hydrogen-bond donors (Lipinski definition) is 2. The summed E-state index contributed by atoms with van der Waals surface area (Å²) in [7, 11) is 0. The van der Waals surface area contributed by atoms with Gasteiger partial charge in [0.2, 0.25) is 0 Å². The molecule has 0 saturated carbocycles. The van der Waals surface area contributed by atoms with Gasteiger partial charge in [-0.05, 0) is 26.0 Å². The second kappa shape index (κ2) is 7.24. The number of aromatic nitrogens is 3. The van der Waals surface area contributed by atoms with Crippen molar-refractivity contribution in [2.24, 2.45) is 0 Å². The number of carbonyl (C=O) groups excluding carboxylic acids is 2. The fourth-order valence-corrected chi connectivity index (χ4v) is 3.83. The second-order valence-electron chi connectivity index (χ2n) is 6.16. The van der Waals surface area contributed by atoms with Gasteiger partial charge in [0.25, 0.3) is 11.8 Å². The molecular formula is C20H17N5O2S. The molecule has 0 radical (unpaired) electrons. The largest absolute Gasteiger partial charge is 0.295 e. The van der Waals surface area contributed by atoms with Gasteiger partial charge >= 0.3 is 0 Å². The molecule has 0 saturated heterocycles. The molecule has 0 atom stereocenters. The van der Waals surface area contributed by atoms with Crippen molar-refractivity contribution >= 4 is 28.8 Å². The van der Waals surface area contributed by atoms with E-state index >= 15 is 0 Å². The van der Waals surface area contributed by atoms with Crippen LogP contribution in [-0.4, -0.2) is 26.2 Å². The highest BCUT2D eigenvalue weighted by Crippen LogP contribution is 2.27. The molecule has 0 spiro atoms. The fourth-order valence-electron chi connectivity index (χ4n) is 2.99. The molecule has 0 aliphatic heterocycles. The molecule has 0 aliphatic rings. The lowest BCUT2D eigenvalue weighted by Crippen LogP contribution is -2.42. The van der Waals surface area contributed by atoms with E-state index < -0.39 is 11.8 Å². The first-order chi connectivity index (χ1) is 13.5. The normalized spacial score (nSPS) is 10.8. The third-order valence-corrected chi connectivity index (χ3v) is 5.17. The van der Waals surface area contributed by atoms with E-state index in [1.807, 2.05) is 55.5 Å². The summed E-state index contributed by atoms with van der Waals surface area (Å²) in [5.41, 5.74) is 8.05. The SMILES string of the molecule is Cc1nc(-c2ccccc2)c(C(=O)NNC(=O)c2c(C)nc3ccccn23)s1. The molecule has 140 valence electrons. The van der Waals surface area contributed by atoms with Crippen LogP contribution in [0.4, 0.5) is 0 Å². The first-order valence-corrected chi connectivity index (χ1v) is 9.43. The van der Waals surface area contributed by atoms with Crippen molar-refractivity contribution in [3.63, 3.8) is 0 Å². The predicted octanol–water partition coefficient (Wildman–Crippen LogP) is 3.15. The van der Waals surface area contributed by atoms with Crippen molar-refractivity contribution in [2.45, 2.75) is 13.8 Å². The number of thiazole rings is 1. The van der Waals surface area contributed by atoms with Crippen LogP contribution in [0.5, 0.6) is 0 Å². The van der Waals surface area contributed by atoms with Crippen molar-refractivity contribution in [3.05, 3.63) is 76.0 Å². The van der Waals surface area contributed by atoms with Crippen molar-refractivity contribution in [2.75, 3.05) is 0 Å². The zero-order valence-corrected chi connectivity index (χ0v) is 16.1. The molecule has 4 rings (SSSR count). The number of fused-ring (bicyclic) bond motifs is 1. The van der Waals surface area contributed by atoms with Gasteiger partial charge in [-0.2, -0.15) is 0 Å². The minimum atomic E-state index is -0.438. The summed E-state index contributed by atoms with van der Waals surface area (Å²) < 4.78 is 1.68. The quantitative estimate of drug-likeness (QED) is 0.525. The summed E-state index contributed by atoms with van der Waals surface area (Å²) in [5, 5.41) is 0.771. The highest BCUT2D eigenvalue weighted by molar-refractivity contribution is 7.14. The lowest BCUT2D eigenvalue weighted by molar-refractivity contribution is 0.0845. The molecule has 7 nitrogen and oxygen atoms in total. The molecule has 0 unspecified atom stereocenters. The van der Waals surface area contributed by atoms with Crippen molar-refractivity contribution < 1.29 is 9.59 Å². The fraction of sp³-hybridized carbons (Fsp3) is 0.100. The zero-order chi connectivity index (χ0) is 19.7. The van der Waals surface area contributed by atoms with Gasteiger partial charge in [-0.3, -0.25) is 24.8 Å². The summed E-state index contributed by atoms with van der Waals surface area (Å²) in [4.78, 5) is 34.6. The minimum absolute atomic E-state index is 0.375. The van der Waals surface area contributed by atoms with E-state index in [1.165, 1.54) is 11.3 Å². The lowest BCUT2D eigenvalue weighted by Gasteiger charge is -2.08. The van der Waals surface area contributed by atoms with Gasteiger partial charge in [0.15, 0.2) is 0 Å². The summed E-state index contributed by atoms with van der Waals surface area (Å²) >= 11 is 1.28. The van der Waals surface area contributed by atoms with Gasteiger partial charge in [0, 0.05) is 11.8 Å². The van der Waals surface area contributed by atoms with Crippen LogP contribution in [-0.2, 0) is 0 Å². The maximum Gasteiger partial charge on any atom is 0.288 e. The molecule has 0 aliphatic carbocycles. The van der Waals surface area contributed by atoms with Crippen LogP contribution in [0.3, 0.4) is 0 Å². The van der Waals surface area contributed by atoms with E-state index in [2.05, 4.69) is 20.8 Å². The summed E-state index contributed by atoms with van der Waals surface area (Å²) in [6.07, 6.45) is 1.76. The maximum atomic E-state index is 12.7. The zero-order valence-electron chi connectivity index (χ0n) is 15.3. The number of amides is 2. The lowest BCUT2D eigenvalue weighted by atomic mass is 10.1. The van der Waals surface area contributed by atoms with Gasteiger partial charge in [-0.1, -0.05) is 36.4 Å². The Bertz CT molecular complexity index is 1180. The number of benzene rings is 1. The van der Waals surface area contributed by atoms with Crippen LogP contribution >= 0.6 is 11.3 Å². The average molecular weight is 391 g/mol. The highest BCUT2D eigenvalue weighted by atomic mass is 32.1. The molecule has 28 heavy (non-hydrogen) atoms. The van der Waals surface area contributed by atoms with Gasteiger partial charge in [0.1, 0.15) is 16.2 Å². The molecule has 0 fully saturated rings. The number of aryl methyl sites for hydroxylation is 2. The Hall–Kier alpha value is -3.52. The minimum Gasteiger partial charge on any atom is -0.295 e. The van der Waals surface area contributed by atoms with Crippen LogP contribution in [0.2, 0.25) is 0 Å². The Morgan fingerprint density at radius 1 is 0.929 bits per heavy atom. The van der Waals surface area contributed by atoms with E-state index in [1.54, 1.807) is 17.5 Å². The molecule has 0 bridgehead atoms. The predicted molar refractivity (Wildman–Crippen MR) is 107 cm³/mol. The Kier molecular flexibility index (Phi) is 4.62. The van der Waals surface area contributed by atoms with Gasteiger partial charge in [0.05, 0.1) is 16.4 Å². The van der Waals surface area contributed by atoms with Gasteiger partial charge in [-0.15, -0.1) is 11.3 Å². The molecular weight excluding hydrogens is 374 g/mol. The summed E-state index contributed by atoms with van der Waals surface area (Å²) in [6.45, 7) is 3.60. The number of hydrogen-bond acceptors (Lipinski definition) is 5. The topological polar surface area (TPSA) is 88.4 Å². The smallest absolute Gasteiger partial charge is 0.288 e. The number of imidazole rings is 1. The van der Waals surface area contributed by atoms with Crippen LogP contribution < -0.4 is 10.9 Å². The highest BCUT2D eigenvalue weighted by Gasteiger charge is 2.21. The Balaban J connectivity index is 1.55. The first-order valence-electron chi connectivity index (χ1n) is 8.62. The number of carbonyl (C=O) groups is 2. The third-order valence-electron chi connectivity index (χ3n) is 4.20. The Labute approximate surface area is 165 Å². The van der Waals surface area contributed by atoms with Crippen molar-refractivity contribution in [1.82, 2.24) is 25.2 Å². The second-order valence-corrected chi connectivity index (χ2v) is 7.36. The van der Waals surface area contributed by atoms with Crippen molar-refractivity contribution in [3.8, 4) is 11.3 Å². The Morgan fingerprint density at radius 3 is 2.43 bits per heavy atom. The molecule has 3 heterocycles. The standard InChI is InChI=1S/C20H17N5O2S/c1-12-17(25-11-7-6-10-15(25)21-12)19(26)23-24-20(27)18-16(22-13(2)28-18)14-8-4-3-5-9-14/h3-11H,1-2H3,(H,23,26)(H,24,27). The van der Waals surface area contributed by atoms with E-state index in [0.717, 1.165) is 10.6 Å². The van der Waals surface area contributed by atoms with Gasteiger partial charge in [-0.25, -0.2) is 9.97 Å². The van der Waals surface area contributed by atoms with E-state index in [-0.39, 0.29) is 0 Å². The number of nitrogens with one attached hydrogen (secondary N) is 2. The van der Waals surface area contributed by atoms with E-state index in [9.17, 15) is 9.59 Å². The number of hydrazine groups is 1. The molecule has 2 amide bonds. The number of pyridine rings is 1. The Morgan fingerprint density at radius 2 is 1.64 bits per heavy atom. The monoisotopic (exact) mass is 391 g/mol. The van der Waals surface area contributed by atoms with Crippen molar-refractivity contribution in [1.29, 1.82) is 0 Å². The molecule has 3 aromatic heterocycles. The average Bonchev–Trinajstić information content (AvgIpc) is 3.25. The molecule has 4 aromatic rings. The molecule has 8 heteroatoms. The number of rotatable bonds is 3. The van der Waals surface area contributed by atoms with Crippen LogP contribution in [0.25, 0.3) is 16.9 Å². The summed E-state index contributed by atoms with van der Waals surface area (Å²) in [6, 6.07) is 15.0. The summed E-state index contributed by atoms with van der Waals surface area (Å²) in [5.74, 6) is -0.851. The van der Waals surface area contributed by atoms with Crippen LogP contribution in [0.15, 0.2) is 54.7 Å². The van der Waals surface area contributed by atoms with Gasteiger partial charge < -0.3 is 0 Å². The van der Waals surface area contributed by atoms with Crippen LogP contribution in [0.1, 0.15) is 30.9 Å². The van der Waals surface area contributed by atoms with E-state index in [4.69, 9.17) is 0 Å². The maximum absolute atomic E-state index is 12.7. The third kappa shape index (κ3) is 3.25. The van der Waals surface area contributed by atoms with E-state index in [0.29, 0.717) is 27.6 Å². The van der Waals surface area contributed by atoms with Crippen LogP contribution in [0, 0.1) is 13.8 Å². The molecule has 1 aromatic carbocycles.